The summed E-state index contributed by atoms with van der Waals surface area (Å²) in [5.41, 5.74) is 3.84. The Bertz CT molecular complexity index is 1560. The summed E-state index contributed by atoms with van der Waals surface area (Å²) in [6, 6.07) is 28.6. The molecule has 0 saturated carbocycles. The van der Waals surface area contributed by atoms with Crippen molar-refractivity contribution in [3.63, 3.8) is 0 Å². The van der Waals surface area contributed by atoms with Gasteiger partial charge in [-0.25, -0.2) is 0 Å². The van der Waals surface area contributed by atoms with Gasteiger partial charge in [-0.3, -0.25) is 14.7 Å². The lowest BCUT2D eigenvalue weighted by atomic mass is 10.1. The van der Waals surface area contributed by atoms with Crippen molar-refractivity contribution in [2.45, 2.75) is 25.7 Å². The van der Waals surface area contributed by atoms with Gasteiger partial charge in [0.1, 0.15) is 0 Å². The minimum atomic E-state index is -0.241. The van der Waals surface area contributed by atoms with E-state index in [0.717, 1.165) is 42.6 Å². The Hall–Kier alpha value is -4.52. The monoisotopic (exact) mass is 491 g/mol. The van der Waals surface area contributed by atoms with Crippen LogP contribution in [0.15, 0.2) is 95.8 Å². The number of nitrogens with one attached hydrogen (secondary N) is 1. The highest BCUT2D eigenvalue weighted by molar-refractivity contribution is 6.04. The predicted octanol–water partition coefficient (Wildman–Crippen LogP) is 5.26. The van der Waals surface area contributed by atoms with Gasteiger partial charge in [0, 0.05) is 30.2 Å². The number of carbonyl (C=O) groups is 1. The highest BCUT2D eigenvalue weighted by Crippen LogP contribution is 2.19. The van der Waals surface area contributed by atoms with Gasteiger partial charge in [0.05, 0.1) is 16.8 Å². The minimum absolute atomic E-state index is 0.193. The summed E-state index contributed by atoms with van der Waals surface area (Å²) in [5, 5.41) is 13.1. The molecule has 1 N–H and O–H groups in total. The number of aromatic nitrogens is 4. The molecule has 5 aromatic rings. The second-order valence-electron chi connectivity index (χ2n) is 9.13. The van der Waals surface area contributed by atoms with Gasteiger partial charge in [-0.05, 0) is 43.5 Å². The molecule has 0 aliphatic heterocycles. The van der Waals surface area contributed by atoms with E-state index in [1.165, 1.54) is 4.68 Å². The summed E-state index contributed by atoms with van der Waals surface area (Å²) in [7, 11) is 1.79. The predicted molar refractivity (Wildman–Crippen MR) is 146 cm³/mol. The lowest BCUT2D eigenvalue weighted by molar-refractivity contribution is 0.0787. The van der Waals surface area contributed by atoms with Crippen LogP contribution >= 0.6 is 0 Å². The maximum atomic E-state index is 13.4. The zero-order chi connectivity index (χ0) is 25.6. The lowest BCUT2D eigenvalue weighted by Gasteiger charge is -2.18. The van der Waals surface area contributed by atoms with Crippen LogP contribution in [0.5, 0.6) is 0 Å². The van der Waals surface area contributed by atoms with Crippen molar-refractivity contribution < 1.29 is 4.79 Å². The standard InChI is InChI=1S/C30H29N5O2/c1-34(20-12-4-7-15-23-21-27(32-31-23)22-13-5-2-6-14-22)30(37)28-25-18-10-11-19-26(25)29(36)35(33-28)24-16-8-3-9-17-24/h2-3,5-6,8-11,13-14,16-19,21H,4,7,12,15,20H2,1H3,(H,31,32). The quantitative estimate of drug-likeness (QED) is 0.285. The second-order valence-corrected chi connectivity index (χ2v) is 9.13. The zero-order valence-corrected chi connectivity index (χ0v) is 20.8. The van der Waals surface area contributed by atoms with Crippen LogP contribution in [0.4, 0.5) is 0 Å². The number of hydrogen-bond donors (Lipinski definition) is 1. The third kappa shape index (κ3) is 5.35. The number of carbonyl (C=O) groups excluding carboxylic acids is 1. The van der Waals surface area contributed by atoms with Crippen molar-refractivity contribution in [1.29, 1.82) is 0 Å². The molecule has 0 spiro atoms. The van der Waals surface area contributed by atoms with E-state index in [2.05, 4.69) is 33.5 Å². The van der Waals surface area contributed by atoms with Crippen LogP contribution in [0, 0.1) is 0 Å². The van der Waals surface area contributed by atoms with Gasteiger partial charge in [-0.15, -0.1) is 0 Å². The molecule has 0 aliphatic rings. The van der Waals surface area contributed by atoms with E-state index in [4.69, 9.17) is 0 Å². The fourth-order valence-electron chi connectivity index (χ4n) is 4.46. The Morgan fingerprint density at radius 3 is 2.30 bits per heavy atom. The van der Waals surface area contributed by atoms with Crippen molar-refractivity contribution in [1.82, 2.24) is 24.9 Å². The maximum absolute atomic E-state index is 13.4. The number of rotatable bonds is 9. The van der Waals surface area contributed by atoms with Crippen LogP contribution in [0.1, 0.15) is 35.4 Å². The molecular weight excluding hydrogens is 462 g/mol. The van der Waals surface area contributed by atoms with Crippen LogP contribution in [0.2, 0.25) is 0 Å². The topological polar surface area (TPSA) is 83.9 Å². The zero-order valence-electron chi connectivity index (χ0n) is 20.8. The van der Waals surface area contributed by atoms with Crippen LogP contribution in [-0.4, -0.2) is 44.4 Å². The number of benzene rings is 3. The highest BCUT2D eigenvalue weighted by Gasteiger charge is 2.20. The van der Waals surface area contributed by atoms with Gasteiger partial charge < -0.3 is 4.90 Å². The summed E-state index contributed by atoms with van der Waals surface area (Å²) in [6.45, 7) is 0.609. The third-order valence-electron chi connectivity index (χ3n) is 6.50. The Labute approximate surface area is 215 Å². The number of aryl methyl sites for hydroxylation is 1. The molecule has 37 heavy (non-hydrogen) atoms. The van der Waals surface area contributed by atoms with Crippen molar-refractivity contribution in [2.75, 3.05) is 13.6 Å². The Balaban J connectivity index is 1.22. The summed E-state index contributed by atoms with van der Waals surface area (Å²) in [4.78, 5) is 28.2. The van der Waals surface area contributed by atoms with Gasteiger partial charge in [0.25, 0.3) is 11.5 Å². The van der Waals surface area contributed by atoms with Crippen LogP contribution in [0.3, 0.4) is 0 Å². The van der Waals surface area contributed by atoms with Gasteiger partial charge in [0.2, 0.25) is 0 Å². The molecule has 0 unspecified atom stereocenters. The van der Waals surface area contributed by atoms with Gasteiger partial charge in [0.15, 0.2) is 5.69 Å². The number of H-pyrrole nitrogens is 1. The largest absolute Gasteiger partial charge is 0.340 e. The van der Waals surface area contributed by atoms with Crippen molar-refractivity contribution in [3.8, 4) is 16.9 Å². The van der Waals surface area contributed by atoms with E-state index < -0.39 is 0 Å². The first-order chi connectivity index (χ1) is 18.1. The number of hydrogen-bond acceptors (Lipinski definition) is 4. The van der Waals surface area contributed by atoms with E-state index in [1.807, 2.05) is 54.6 Å². The number of para-hydroxylation sites is 1. The first-order valence-electron chi connectivity index (χ1n) is 12.5. The summed E-state index contributed by atoms with van der Waals surface area (Å²) in [5.74, 6) is -0.193. The Kier molecular flexibility index (Phi) is 7.21. The molecule has 2 heterocycles. The van der Waals surface area contributed by atoms with E-state index >= 15 is 0 Å². The van der Waals surface area contributed by atoms with Crippen LogP contribution in [-0.2, 0) is 6.42 Å². The maximum Gasteiger partial charge on any atom is 0.279 e. The van der Waals surface area contributed by atoms with Gasteiger partial charge >= 0.3 is 0 Å². The first kappa shape index (κ1) is 24.2. The number of amides is 1. The van der Waals surface area contributed by atoms with E-state index in [0.29, 0.717) is 23.0 Å². The molecule has 0 aliphatic carbocycles. The van der Waals surface area contributed by atoms with E-state index in [-0.39, 0.29) is 17.2 Å². The number of unbranched alkanes of at least 4 members (excludes halogenated alkanes) is 2. The summed E-state index contributed by atoms with van der Waals surface area (Å²) >= 11 is 0. The molecule has 0 radical (unpaired) electrons. The summed E-state index contributed by atoms with van der Waals surface area (Å²) in [6.07, 6.45) is 3.76. The molecule has 7 nitrogen and oxygen atoms in total. The summed E-state index contributed by atoms with van der Waals surface area (Å²) < 4.78 is 1.32. The second kappa shape index (κ2) is 11.0. The van der Waals surface area contributed by atoms with Gasteiger partial charge in [-0.1, -0.05) is 73.2 Å². The van der Waals surface area contributed by atoms with Crippen molar-refractivity contribution >= 4 is 16.7 Å². The highest BCUT2D eigenvalue weighted by atomic mass is 16.2. The molecule has 0 bridgehead atoms. The molecule has 3 aromatic carbocycles. The Morgan fingerprint density at radius 1 is 0.865 bits per heavy atom. The normalized spacial score (nSPS) is 11.1. The number of aromatic amines is 1. The van der Waals surface area contributed by atoms with Crippen LogP contribution < -0.4 is 5.56 Å². The molecule has 0 fully saturated rings. The molecule has 2 aromatic heterocycles. The average molecular weight is 492 g/mol. The fraction of sp³-hybridized carbons (Fsp3) is 0.200. The fourth-order valence-corrected chi connectivity index (χ4v) is 4.46. The molecule has 5 rings (SSSR count). The average Bonchev–Trinajstić information content (AvgIpc) is 3.43. The minimum Gasteiger partial charge on any atom is -0.340 e. The molecule has 1 amide bonds. The number of nitrogens with zero attached hydrogens (tertiary/aromatic N) is 4. The first-order valence-corrected chi connectivity index (χ1v) is 12.5. The molecule has 186 valence electrons. The smallest absolute Gasteiger partial charge is 0.279 e. The van der Waals surface area contributed by atoms with E-state index in [1.54, 1.807) is 30.1 Å². The van der Waals surface area contributed by atoms with Crippen molar-refractivity contribution in [3.05, 3.63) is 113 Å². The van der Waals surface area contributed by atoms with Crippen molar-refractivity contribution in [2.24, 2.45) is 0 Å². The lowest BCUT2D eigenvalue weighted by Crippen LogP contribution is -2.32. The molecule has 0 saturated heterocycles. The van der Waals surface area contributed by atoms with Gasteiger partial charge in [-0.2, -0.15) is 14.9 Å². The Morgan fingerprint density at radius 2 is 1.54 bits per heavy atom. The third-order valence-corrected chi connectivity index (χ3v) is 6.50. The molecule has 7 heteroatoms. The van der Waals surface area contributed by atoms with Crippen LogP contribution in [0.25, 0.3) is 27.7 Å². The van der Waals surface area contributed by atoms with E-state index in [9.17, 15) is 9.59 Å². The SMILES string of the molecule is CN(CCCCCc1cc(-c2ccccc2)n[nH]1)C(=O)c1nn(-c2ccccc2)c(=O)c2ccccc12. The number of fused-ring (bicyclic) bond motifs is 1. The molecule has 0 atom stereocenters. The molecular formula is C30H29N5O2.